The van der Waals surface area contributed by atoms with E-state index in [9.17, 15) is 14.4 Å². The smallest absolute Gasteiger partial charge is 0.308 e. The maximum atomic E-state index is 14.0. The predicted octanol–water partition coefficient (Wildman–Crippen LogP) is 6.83. The maximum Gasteiger partial charge on any atom is 0.308 e. The van der Waals surface area contributed by atoms with Crippen molar-refractivity contribution in [1.82, 2.24) is 9.88 Å². The van der Waals surface area contributed by atoms with Crippen LogP contribution in [0.5, 0.6) is 0 Å². The van der Waals surface area contributed by atoms with E-state index in [1.807, 2.05) is 17.7 Å². The third kappa shape index (κ3) is 5.85. The van der Waals surface area contributed by atoms with Crippen LogP contribution in [0.1, 0.15) is 124 Å². The van der Waals surface area contributed by atoms with Crippen LogP contribution in [0.15, 0.2) is 24.4 Å². The Morgan fingerprint density at radius 1 is 1.13 bits per heavy atom. The van der Waals surface area contributed by atoms with Gasteiger partial charge in [0.05, 0.1) is 24.3 Å². The van der Waals surface area contributed by atoms with Gasteiger partial charge in [0.2, 0.25) is 0 Å². The SMILES string of the molecule is CCCC(CC)C(=O)c1c(C)c(C(=O)NC2CC(C(=O)OC)C2)cn1-c1cc(C(C)(C)C)cc(C2(C)CC2)c1. The van der Waals surface area contributed by atoms with Gasteiger partial charge in [-0.05, 0) is 85.1 Å². The number of ketones is 1. The van der Waals surface area contributed by atoms with Crippen LogP contribution in [0.25, 0.3) is 5.69 Å². The molecule has 1 aromatic carbocycles. The van der Waals surface area contributed by atoms with E-state index < -0.39 is 0 Å². The minimum absolute atomic E-state index is 0.0584. The van der Waals surface area contributed by atoms with Crippen LogP contribution < -0.4 is 5.32 Å². The highest BCUT2D eigenvalue weighted by molar-refractivity contribution is 6.04. The molecule has 1 atom stereocenters. The zero-order valence-corrected chi connectivity index (χ0v) is 25.1. The lowest BCUT2D eigenvalue weighted by Gasteiger charge is -2.33. The minimum atomic E-state index is -0.226. The Morgan fingerprint density at radius 3 is 2.33 bits per heavy atom. The van der Waals surface area contributed by atoms with Gasteiger partial charge in [0.15, 0.2) is 5.78 Å². The first-order valence-electron chi connectivity index (χ1n) is 14.6. The molecular formula is C33H46N2O4. The largest absolute Gasteiger partial charge is 0.469 e. The van der Waals surface area contributed by atoms with Gasteiger partial charge in [0.1, 0.15) is 0 Å². The van der Waals surface area contributed by atoms with Crippen molar-refractivity contribution in [2.75, 3.05) is 7.11 Å². The van der Waals surface area contributed by atoms with Gasteiger partial charge < -0.3 is 14.6 Å². The minimum Gasteiger partial charge on any atom is -0.469 e. The standard InChI is InChI=1S/C33H46N2O4/c1-9-11-21(10-2)29(36)28-20(3)27(30(37)34-25-14-22(15-25)31(38)39-8)19-35(28)26-17-23(32(4,5)6)16-24(18-26)33(7)12-13-33/h16-19,21-22,25H,9-15H2,1-8H3,(H,34,37). The van der Waals surface area contributed by atoms with E-state index in [1.165, 1.54) is 18.2 Å². The summed E-state index contributed by atoms with van der Waals surface area (Å²) in [4.78, 5) is 39.3. The number of nitrogens with zero attached hydrogens (tertiary/aromatic N) is 1. The molecule has 0 saturated heterocycles. The molecule has 0 radical (unpaired) electrons. The molecule has 39 heavy (non-hydrogen) atoms. The van der Waals surface area contributed by atoms with Gasteiger partial charge in [-0.1, -0.05) is 54.0 Å². The number of Topliss-reactive ketones (excluding diaryl/α,β-unsaturated/α-hetero) is 1. The lowest BCUT2D eigenvalue weighted by Crippen LogP contribution is -2.47. The summed E-state index contributed by atoms with van der Waals surface area (Å²) in [6.45, 7) is 15.0. The van der Waals surface area contributed by atoms with Crippen molar-refractivity contribution in [1.29, 1.82) is 0 Å². The number of esters is 1. The van der Waals surface area contributed by atoms with Gasteiger partial charge in [0, 0.05) is 23.8 Å². The fourth-order valence-electron chi connectivity index (χ4n) is 5.76. The summed E-state index contributed by atoms with van der Waals surface area (Å²) in [6.07, 6.45) is 7.85. The Labute approximate surface area is 233 Å². The third-order valence-electron chi connectivity index (χ3n) is 9.00. The van der Waals surface area contributed by atoms with Crippen molar-refractivity contribution < 1.29 is 19.1 Å². The molecule has 1 N–H and O–H groups in total. The molecule has 1 aromatic heterocycles. The molecule has 0 spiro atoms. The number of hydrogen-bond acceptors (Lipinski definition) is 4. The second kappa shape index (κ2) is 10.9. The molecule has 0 aliphatic heterocycles. The highest BCUT2D eigenvalue weighted by Crippen LogP contribution is 2.49. The highest BCUT2D eigenvalue weighted by Gasteiger charge is 2.40. The van der Waals surface area contributed by atoms with Crippen LogP contribution in [0.3, 0.4) is 0 Å². The van der Waals surface area contributed by atoms with Gasteiger partial charge in [-0.25, -0.2) is 0 Å². The Kier molecular flexibility index (Phi) is 8.16. The molecule has 2 aliphatic carbocycles. The summed E-state index contributed by atoms with van der Waals surface area (Å²) < 4.78 is 6.82. The van der Waals surface area contributed by atoms with Crippen LogP contribution in [-0.4, -0.2) is 35.4 Å². The molecule has 2 fully saturated rings. The Morgan fingerprint density at radius 2 is 1.79 bits per heavy atom. The number of hydrogen-bond donors (Lipinski definition) is 1. The maximum absolute atomic E-state index is 14.0. The fraction of sp³-hybridized carbons (Fsp3) is 0.606. The van der Waals surface area contributed by atoms with Crippen molar-refractivity contribution in [3.8, 4) is 5.69 Å². The van der Waals surface area contributed by atoms with E-state index in [0.717, 1.165) is 43.4 Å². The summed E-state index contributed by atoms with van der Waals surface area (Å²) >= 11 is 0. The molecular weight excluding hydrogens is 488 g/mol. The Hall–Kier alpha value is -2.89. The van der Waals surface area contributed by atoms with Crippen molar-refractivity contribution in [3.05, 3.63) is 52.3 Å². The van der Waals surface area contributed by atoms with Crippen LogP contribution in [0.4, 0.5) is 0 Å². The monoisotopic (exact) mass is 534 g/mol. The van der Waals surface area contributed by atoms with E-state index in [0.29, 0.717) is 24.1 Å². The first-order valence-corrected chi connectivity index (χ1v) is 14.6. The number of nitrogens with one attached hydrogen (secondary N) is 1. The average Bonchev–Trinajstić information content (AvgIpc) is 3.53. The van der Waals surface area contributed by atoms with E-state index >= 15 is 0 Å². The third-order valence-corrected chi connectivity index (χ3v) is 9.00. The molecule has 2 aromatic rings. The van der Waals surface area contributed by atoms with Crippen molar-refractivity contribution >= 4 is 17.7 Å². The quantitative estimate of drug-likeness (QED) is 0.268. The van der Waals surface area contributed by atoms with Gasteiger partial charge >= 0.3 is 5.97 Å². The average molecular weight is 535 g/mol. The highest BCUT2D eigenvalue weighted by atomic mass is 16.5. The fourth-order valence-corrected chi connectivity index (χ4v) is 5.76. The van der Waals surface area contributed by atoms with Crippen LogP contribution >= 0.6 is 0 Å². The number of aromatic nitrogens is 1. The first kappa shape index (κ1) is 29.1. The van der Waals surface area contributed by atoms with E-state index in [4.69, 9.17) is 4.74 Å². The topological polar surface area (TPSA) is 77.4 Å². The number of carbonyl (C=O) groups excluding carboxylic acids is 3. The molecule has 6 nitrogen and oxygen atoms in total. The zero-order valence-electron chi connectivity index (χ0n) is 25.1. The molecule has 212 valence electrons. The van der Waals surface area contributed by atoms with Gasteiger partial charge in [0.25, 0.3) is 5.91 Å². The normalized spacial score (nSPS) is 20.6. The van der Waals surface area contributed by atoms with Crippen LogP contribution in [0.2, 0.25) is 0 Å². The number of ether oxygens (including phenoxy) is 1. The molecule has 1 unspecified atom stereocenters. The number of methoxy groups -OCH3 is 1. The summed E-state index contributed by atoms with van der Waals surface area (Å²) in [6, 6.07) is 6.65. The summed E-state index contributed by atoms with van der Waals surface area (Å²) in [5.74, 6) is -0.568. The molecule has 1 heterocycles. The second-order valence-electron chi connectivity index (χ2n) is 13.1. The summed E-state index contributed by atoms with van der Waals surface area (Å²) in [5.41, 5.74) is 5.42. The first-order chi connectivity index (χ1) is 18.3. The predicted molar refractivity (Wildman–Crippen MR) is 155 cm³/mol. The zero-order chi connectivity index (χ0) is 28.7. The van der Waals surface area contributed by atoms with Gasteiger partial charge in [-0.2, -0.15) is 0 Å². The second-order valence-corrected chi connectivity index (χ2v) is 13.1. The number of rotatable bonds is 10. The van der Waals surface area contributed by atoms with Gasteiger partial charge in [-0.3, -0.25) is 14.4 Å². The molecule has 0 bridgehead atoms. The lowest BCUT2D eigenvalue weighted by molar-refractivity contribution is -0.149. The van der Waals surface area contributed by atoms with Crippen molar-refractivity contribution in [2.24, 2.45) is 11.8 Å². The van der Waals surface area contributed by atoms with Gasteiger partial charge in [-0.15, -0.1) is 0 Å². The molecule has 4 rings (SSSR count). The van der Waals surface area contributed by atoms with Crippen LogP contribution in [0, 0.1) is 18.8 Å². The van der Waals surface area contributed by atoms with E-state index in [1.54, 1.807) is 0 Å². The Bertz CT molecular complexity index is 1230. The van der Waals surface area contributed by atoms with Crippen molar-refractivity contribution in [2.45, 2.75) is 110 Å². The molecule has 1 amide bonds. The summed E-state index contributed by atoms with van der Waals surface area (Å²) in [7, 11) is 1.39. The number of benzene rings is 1. The summed E-state index contributed by atoms with van der Waals surface area (Å²) in [5, 5.41) is 3.09. The molecule has 2 aliphatic rings. The Balaban J connectivity index is 1.78. The lowest BCUT2D eigenvalue weighted by atomic mass is 9.80. The van der Waals surface area contributed by atoms with Crippen LogP contribution in [-0.2, 0) is 20.4 Å². The molecule has 6 heteroatoms. The number of carbonyl (C=O) groups is 3. The van der Waals surface area contributed by atoms with Crippen molar-refractivity contribution in [3.63, 3.8) is 0 Å². The molecule has 2 saturated carbocycles. The van der Waals surface area contributed by atoms with E-state index in [2.05, 4.69) is 65.1 Å². The van der Waals surface area contributed by atoms with E-state index in [-0.39, 0.29) is 46.4 Å². The number of amides is 1.